The molecule has 9 nitrogen and oxygen atoms in total. The predicted octanol–water partition coefficient (Wildman–Crippen LogP) is 4.45. The number of hydrogen-bond donors (Lipinski definition) is 3. The van der Waals surface area contributed by atoms with E-state index in [0.717, 1.165) is 36.1 Å². The van der Waals surface area contributed by atoms with Crippen LogP contribution < -0.4 is 5.32 Å². The van der Waals surface area contributed by atoms with E-state index in [1.54, 1.807) is 34.1 Å². The molecule has 238 valence electrons. The van der Waals surface area contributed by atoms with E-state index in [4.69, 9.17) is 0 Å². The highest BCUT2D eigenvalue weighted by Crippen LogP contribution is 2.49. The van der Waals surface area contributed by atoms with Crippen LogP contribution in [0.25, 0.3) is 10.1 Å². The molecule has 2 aromatic carbocycles. The summed E-state index contributed by atoms with van der Waals surface area (Å²) in [6.45, 7) is 0.843. The highest BCUT2D eigenvalue weighted by molar-refractivity contribution is 7.50. The Morgan fingerprint density at radius 2 is 1.78 bits per heavy atom. The van der Waals surface area contributed by atoms with Crippen LogP contribution in [0.5, 0.6) is 0 Å². The summed E-state index contributed by atoms with van der Waals surface area (Å²) in [6.07, 6.45) is 3.60. The molecule has 4 heterocycles. The van der Waals surface area contributed by atoms with Gasteiger partial charge in [0.15, 0.2) is 0 Å². The first-order valence-electron chi connectivity index (χ1n) is 15.3. The highest BCUT2D eigenvalue weighted by Gasteiger charge is 2.52. The monoisotopic (exact) mass is 657 g/mol. The van der Waals surface area contributed by atoms with Crippen molar-refractivity contribution in [2.75, 3.05) is 13.1 Å². The summed E-state index contributed by atoms with van der Waals surface area (Å²) in [5, 5.41) is 3.66. The van der Waals surface area contributed by atoms with Gasteiger partial charge in [-0.1, -0.05) is 6.07 Å². The molecule has 1 aliphatic carbocycles. The van der Waals surface area contributed by atoms with Crippen molar-refractivity contribution in [2.45, 2.75) is 62.8 Å². The van der Waals surface area contributed by atoms with Crippen LogP contribution in [0.3, 0.4) is 0 Å². The molecule has 1 aromatic heterocycles. The van der Waals surface area contributed by atoms with E-state index >= 15 is 0 Å². The van der Waals surface area contributed by atoms with Gasteiger partial charge in [0, 0.05) is 23.8 Å². The molecule has 3 N–H and O–H groups in total. The molecule has 4 aliphatic rings. The van der Waals surface area contributed by atoms with E-state index in [-0.39, 0.29) is 29.9 Å². The second-order valence-corrected chi connectivity index (χ2v) is 15.8. The first-order chi connectivity index (χ1) is 21.4. The van der Waals surface area contributed by atoms with Gasteiger partial charge in [0.25, 0.3) is 5.91 Å². The molecule has 3 amide bonds. The summed E-state index contributed by atoms with van der Waals surface area (Å²) in [6, 6.07) is 8.67. The van der Waals surface area contributed by atoms with Crippen molar-refractivity contribution in [1.29, 1.82) is 0 Å². The number of carbonyl (C=O) groups excluding carboxylic acids is 3. The molecule has 7 rings (SSSR count). The van der Waals surface area contributed by atoms with Gasteiger partial charge in [-0.25, -0.2) is 8.78 Å². The highest BCUT2D eigenvalue weighted by atomic mass is 32.1. The Morgan fingerprint density at radius 3 is 2.56 bits per heavy atom. The van der Waals surface area contributed by atoms with Crippen LogP contribution in [0.1, 0.15) is 52.9 Å². The normalized spacial score (nSPS) is 26.6. The van der Waals surface area contributed by atoms with Crippen molar-refractivity contribution in [3.05, 3.63) is 70.1 Å². The summed E-state index contributed by atoms with van der Waals surface area (Å²) in [5.41, 5.74) is 0.769. The average molecular weight is 658 g/mol. The fraction of sp³-hybridized carbons (Fsp3) is 0.469. The zero-order valence-electron chi connectivity index (χ0n) is 24.4. The number of halogens is 2. The predicted molar refractivity (Wildman–Crippen MR) is 163 cm³/mol. The van der Waals surface area contributed by atoms with E-state index in [0.29, 0.717) is 65.6 Å². The number of thiophene rings is 1. The van der Waals surface area contributed by atoms with Crippen LogP contribution in [0, 0.1) is 29.4 Å². The van der Waals surface area contributed by atoms with Gasteiger partial charge in [-0.3, -0.25) is 18.9 Å². The van der Waals surface area contributed by atoms with E-state index in [9.17, 15) is 37.5 Å². The van der Waals surface area contributed by atoms with E-state index in [1.807, 2.05) is 0 Å². The number of amides is 3. The van der Waals surface area contributed by atoms with Crippen LogP contribution in [0.4, 0.5) is 8.78 Å². The lowest BCUT2D eigenvalue weighted by Gasteiger charge is -2.43. The third-order valence-corrected chi connectivity index (χ3v) is 11.7. The summed E-state index contributed by atoms with van der Waals surface area (Å²) in [5.74, 6) is -0.882. The Kier molecular flexibility index (Phi) is 7.83. The number of rotatable bonds is 7. The first kappa shape index (κ1) is 30.5. The largest absolute Gasteiger partial charge is 0.340 e. The maximum atomic E-state index is 14.1. The van der Waals surface area contributed by atoms with Crippen LogP contribution >= 0.6 is 18.9 Å². The van der Waals surface area contributed by atoms with Gasteiger partial charge in [0.1, 0.15) is 23.7 Å². The van der Waals surface area contributed by atoms with Crippen LogP contribution in [-0.2, 0) is 26.7 Å². The third-order valence-electron chi connectivity index (χ3n) is 9.81. The first-order valence-corrected chi connectivity index (χ1v) is 18.0. The maximum absolute atomic E-state index is 14.1. The minimum absolute atomic E-state index is 0.0129. The number of nitrogens with one attached hydrogen (secondary N) is 1. The van der Waals surface area contributed by atoms with Crippen molar-refractivity contribution in [2.24, 2.45) is 17.8 Å². The van der Waals surface area contributed by atoms with Gasteiger partial charge in [0.05, 0.1) is 11.0 Å². The SMILES string of the molecule is O=C(N[C@H]1C[C@@H]2C[C@@H]2C[C@H]2CC[C@@H](C(=O)N3CC(Cc4cc(F)ccc4F)C3)N2C1=O)c1cc2cc(CP(=O)(O)O)ccc2s1. The smallest absolute Gasteiger partial charge is 0.329 e. The van der Waals surface area contributed by atoms with Gasteiger partial charge in [-0.2, -0.15) is 0 Å². The van der Waals surface area contributed by atoms with Crippen LogP contribution in [-0.4, -0.2) is 68.5 Å². The van der Waals surface area contributed by atoms with Crippen molar-refractivity contribution >= 4 is 46.7 Å². The van der Waals surface area contributed by atoms with Crippen molar-refractivity contribution in [3.63, 3.8) is 0 Å². The molecule has 0 radical (unpaired) electrons. The third kappa shape index (κ3) is 6.30. The number of nitrogens with zero attached hydrogens (tertiary/aromatic N) is 2. The zero-order chi connectivity index (χ0) is 31.6. The fourth-order valence-corrected chi connectivity index (χ4v) is 9.12. The molecular weight excluding hydrogens is 623 g/mol. The lowest BCUT2D eigenvalue weighted by atomic mass is 9.91. The lowest BCUT2D eigenvalue weighted by Crippen LogP contribution is -2.60. The minimum atomic E-state index is -4.24. The Labute approximate surface area is 262 Å². The van der Waals surface area contributed by atoms with Crippen LogP contribution in [0.15, 0.2) is 42.5 Å². The number of likely N-dealkylation sites (tertiary alicyclic amines) is 1. The van der Waals surface area contributed by atoms with Crippen LogP contribution in [0.2, 0.25) is 0 Å². The minimum Gasteiger partial charge on any atom is -0.340 e. The molecule has 4 fully saturated rings. The van der Waals surface area contributed by atoms with Gasteiger partial charge in [0.2, 0.25) is 11.8 Å². The topological polar surface area (TPSA) is 127 Å². The Bertz CT molecular complexity index is 1740. The second-order valence-electron chi connectivity index (χ2n) is 13.1. The fourth-order valence-electron chi connectivity index (χ4n) is 7.50. The average Bonchev–Trinajstić information content (AvgIpc) is 3.32. The van der Waals surface area contributed by atoms with E-state index < -0.39 is 37.2 Å². The van der Waals surface area contributed by atoms with E-state index in [2.05, 4.69) is 5.32 Å². The molecule has 45 heavy (non-hydrogen) atoms. The summed E-state index contributed by atoms with van der Waals surface area (Å²) < 4.78 is 40.0. The maximum Gasteiger partial charge on any atom is 0.329 e. The van der Waals surface area contributed by atoms with Gasteiger partial charge in [-0.05, 0) is 109 Å². The quantitative estimate of drug-likeness (QED) is 0.323. The number of benzene rings is 2. The molecule has 0 bridgehead atoms. The molecule has 3 aromatic rings. The van der Waals surface area contributed by atoms with Crippen molar-refractivity contribution in [1.82, 2.24) is 15.1 Å². The number of hydrogen-bond acceptors (Lipinski definition) is 5. The second kappa shape index (κ2) is 11.6. The standard InChI is InChI=1S/C32H34F2N3O6PS/c33-23-2-4-25(34)21(10-23)8-18-14-36(15-18)32(40)27-5-3-24-11-19-9-20(19)12-26(31(39)37(24)27)35-30(38)29-13-22-7-17(16-44(41,42)43)1-6-28(22)45-29/h1-2,4,6-7,10,13,18-20,24,26-27H,3,5,8-9,11-12,14-16H2,(H,35,38)(H2,41,42,43)/t19-,20+,24-,26+,27+/m1/s1. The molecular formula is C32H34F2N3O6PS. The molecule has 1 saturated carbocycles. The zero-order valence-corrected chi connectivity index (χ0v) is 26.1. The van der Waals surface area contributed by atoms with Gasteiger partial charge >= 0.3 is 7.60 Å². The molecule has 0 spiro atoms. The Hall–Kier alpha value is -3.18. The van der Waals surface area contributed by atoms with Gasteiger partial charge in [-0.15, -0.1) is 11.3 Å². The summed E-state index contributed by atoms with van der Waals surface area (Å²) >= 11 is 1.25. The number of fused-ring (bicyclic) bond motifs is 3. The molecule has 5 atom stereocenters. The van der Waals surface area contributed by atoms with E-state index in [1.165, 1.54) is 17.4 Å². The van der Waals surface area contributed by atoms with Crippen molar-refractivity contribution in [3.8, 4) is 0 Å². The van der Waals surface area contributed by atoms with Gasteiger partial charge < -0.3 is 24.9 Å². The summed E-state index contributed by atoms with van der Waals surface area (Å²) in [7, 11) is -4.24. The lowest BCUT2D eigenvalue weighted by molar-refractivity contribution is -0.151. The summed E-state index contributed by atoms with van der Waals surface area (Å²) in [4.78, 5) is 63.7. The Morgan fingerprint density at radius 1 is 1.00 bits per heavy atom. The Balaban J connectivity index is 1.04. The molecule has 3 saturated heterocycles. The van der Waals surface area contributed by atoms with Crippen molar-refractivity contribution < 1.29 is 37.5 Å². The number of carbonyl (C=O) groups is 3. The molecule has 0 unspecified atom stereocenters. The molecule has 3 aliphatic heterocycles. The molecule has 13 heteroatoms.